The monoisotopic (exact) mass is 402 g/mol. The van der Waals surface area contributed by atoms with Gasteiger partial charge in [-0.15, -0.1) is 0 Å². The van der Waals surface area contributed by atoms with Crippen molar-refractivity contribution in [3.8, 4) is 0 Å². The smallest absolute Gasteiger partial charge is 0.191 e. The number of halogens is 2. The third-order valence-electron chi connectivity index (χ3n) is 5.02. The van der Waals surface area contributed by atoms with Crippen LogP contribution in [0.4, 0.5) is 8.78 Å². The number of ether oxygens (including phenoxy) is 1. The van der Waals surface area contributed by atoms with E-state index >= 15 is 0 Å². The molecule has 5 nitrogen and oxygen atoms in total. The van der Waals surface area contributed by atoms with E-state index in [9.17, 15) is 8.78 Å². The Hall–Kier alpha value is -2.51. The Kier molecular flexibility index (Phi) is 7.95. The summed E-state index contributed by atoms with van der Waals surface area (Å²) < 4.78 is 32.1. The molecule has 29 heavy (non-hydrogen) atoms. The maximum atomic E-state index is 13.4. The maximum Gasteiger partial charge on any atom is 0.191 e. The Labute approximate surface area is 170 Å². The van der Waals surface area contributed by atoms with Crippen molar-refractivity contribution >= 4 is 5.96 Å². The number of nitrogens with zero attached hydrogens (tertiary/aromatic N) is 2. The molecule has 2 aromatic rings. The highest BCUT2D eigenvalue weighted by atomic mass is 19.1. The molecule has 1 heterocycles. The normalized spacial score (nSPS) is 16.4. The topological polar surface area (TPSA) is 48.9 Å². The molecule has 0 amide bonds. The fourth-order valence-corrected chi connectivity index (χ4v) is 3.46. The van der Waals surface area contributed by atoms with E-state index in [0.717, 1.165) is 24.2 Å². The first-order chi connectivity index (χ1) is 14.2. The summed E-state index contributed by atoms with van der Waals surface area (Å²) >= 11 is 0. The van der Waals surface area contributed by atoms with Crippen LogP contribution in [0.5, 0.6) is 0 Å². The standard InChI is InChI=1S/C22H28F2N4O/c1-25-22(26-10-9-17-3-2-4-20(24)15-17)27-16-21(28-11-13-29-14-12-28)18-5-7-19(23)8-6-18/h2-8,15,21H,9-14,16H2,1H3,(H2,25,26,27). The average molecular weight is 402 g/mol. The van der Waals surface area contributed by atoms with Gasteiger partial charge >= 0.3 is 0 Å². The molecule has 156 valence electrons. The molecular formula is C22H28F2N4O. The van der Waals surface area contributed by atoms with Gasteiger partial charge in [-0.05, 0) is 41.8 Å². The summed E-state index contributed by atoms with van der Waals surface area (Å²) in [6, 6.07) is 13.3. The van der Waals surface area contributed by atoms with Crippen LogP contribution in [-0.2, 0) is 11.2 Å². The minimum atomic E-state index is -0.239. The van der Waals surface area contributed by atoms with Gasteiger partial charge in [-0.3, -0.25) is 9.89 Å². The first kappa shape index (κ1) is 21.2. The van der Waals surface area contributed by atoms with Crippen LogP contribution < -0.4 is 10.6 Å². The van der Waals surface area contributed by atoms with Crippen LogP contribution in [-0.4, -0.2) is 57.3 Å². The highest BCUT2D eigenvalue weighted by Crippen LogP contribution is 2.21. The van der Waals surface area contributed by atoms with E-state index in [0.29, 0.717) is 38.7 Å². The van der Waals surface area contributed by atoms with E-state index in [4.69, 9.17) is 4.74 Å². The molecular weight excluding hydrogens is 374 g/mol. The van der Waals surface area contributed by atoms with Gasteiger partial charge in [-0.25, -0.2) is 8.78 Å². The van der Waals surface area contributed by atoms with Gasteiger partial charge in [0.15, 0.2) is 5.96 Å². The van der Waals surface area contributed by atoms with E-state index in [-0.39, 0.29) is 17.7 Å². The Morgan fingerprint density at radius 1 is 1.07 bits per heavy atom. The lowest BCUT2D eigenvalue weighted by atomic mass is 10.0. The average Bonchev–Trinajstić information content (AvgIpc) is 2.74. The summed E-state index contributed by atoms with van der Waals surface area (Å²) in [7, 11) is 1.72. The van der Waals surface area contributed by atoms with Gasteiger partial charge in [0, 0.05) is 33.2 Å². The first-order valence-electron chi connectivity index (χ1n) is 9.92. The van der Waals surface area contributed by atoms with Crippen LogP contribution in [0.15, 0.2) is 53.5 Å². The van der Waals surface area contributed by atoms with Gasteiger partial charge in [0.05, 0.1) is 19.3 Å². The zero-order valence-electron chi connectivity index (χ0n) is 16.7. The van der Waals surface area contributed by atoms with Crippen molar-refractivity contribution in [3.05, 3.63) is 71.3 Å². The van der Waals surface area contributed by atoms with Crippen LogP contribution in [0, 0.1) is 11.6 Å². The summed E-state index contributed by atoms with van der Waals surface area (Å²) in [6.07, 6.45) is 0.698. The van der Waals surface area contributed by atoms with Crippen molar-refractivity contribution < 1.29 is 13.5 Å². The van der Waals surface area contributed by atoms with Gasteiger partial charge in [0.2, 0.25) is 0 Å². The summed E-state index contributed by atoms with van der Waals surface area (Å²) in [4.78, 5) is 6.62. The van der Waals surface area contributed by atoms with Crippen molar-refractivity contribution in [2.45, 2.75) is 12.5 Å². The van der Waals surface area contributed by atoms with Gasteiger partial charge in [-0.2, -0.15) is 0 Å². The second-order valence-electron chi connectivity index (χ2n) is 6.98. The van der Waals surface area contributed by atoms with E-state index in [1.54, 1.807) is 19.2 Å². The van der Waals surface area contributed by atoms with Crippen LogP contribution >= 0.6 is 0 Å². The van der Waals surface area contributed by atoms with E-state index in [2.05, 4.69) is 20.5 Å². The molecule has 0 spiro atoms. The molecule has 1 unspecified atom stereocenters. The van der Waals surface area contributed by atoms with Crippen molar-refractivity contribution in [2.24, 2.45) is 4.99 Å². The van der Waals surface area contributed by atoms with Crippen molar-refractivity contribution in [3.63, 3.8) is 0 Å². The number of hydrogen-bond donors (Lipinski definition) is 2. The van der Waals surface area contributed by atoms with Crippen molar-refractivity contribution in [1.29, 1.82) is 0 Å². The fourth-order valence-electron chi connectivity index (χ4n) is 3.46. The molecule has 0 saturated carbocycles. The number of morpholine rings is 1. The molecule has 0 bridgehead atoms. The molecule has 2 aromatic carbocycles. The number of benzene rings is 2. The van der Waals surface area contributed by atoms with Crippen LogP contribution in [0.2, 0.25) is 0 Å². The highest BCUT2D eigenvalue weighted by Gasteiger charge is 2.23. The second-order valence-corrected chi connectivity index (χ2v) is 6.98. The van der Waals surface area contributed by atoms with Crippen molar-refractivity contribution in [1.82, 2.24) is 15.5 Å². The number of rotatable bonds is 7. The number of nitrogens with one attached hydrogen (secondary N) is 2. The molecule has 2 N–H and O–H groups in total. The molecule has 1 aliphatic rings. The number of hydrogen-bond acceptors (Lipinski definition) is 3. The SMILES string of the molecule is CN=C(NCCc1cccc(F)c1)NCC(c1ccc(F)cc1)N1CCOCC1. The molecule has 0 aliphatic carbocycles. The van der Waals surface area contributed by atoms with Gasteiger partial charge in [0.25, 0.3) is 0 Å². The minimum Gasteiger partial charge on any atom is -0.379 e. The zero-order chi connectivity index (χ0) is 20.5. The molecule has 0 radical (unpaired) electrons. The Bertz CT molecular complexity index is 792. The number of guanidine groups is 1. The van der Waals surface area contributed by atoms with Crippen LogP contribution in [0.3, 0.4) is 0 Å². The lowest BCUT2D eigenvalue weighted by molar-refractivity contribution is 0.0170. The zero-order valence-corrected chi connectivity index (χ0v) is 16.7. The van der Waals surface area contributed by atoms with Gasteiger partial charge in [-0.1, -0.05) is 24.3 Å². The lowest BCUT2D eigenvalue weighted by Gasteiger charge is -2.35. The lowest BCUT2D eigenvalue weighted by Crippen LogP contribution is -2.46. The largest absolute Gasteiger partial charge is 0.379 e. The second kappa shape index (κ2) is 10.9. The van der Waals surface area contributed by atoms with Gasteiger partial charge < -0.3 is 15.4 Å². The predicted octanol–water partition coefficient (Wildman–Crippen LogP) is 2.75. The molecule has 1 aliphatic heterocycles. The third-order valence-corrected chi connectivity index (χ3v) is 5.02. The summed E-state index contributed by atoms with van der Waals surface area (Å²) in [6.45, 7) is 4.31. The van der Waals surface area contributed by atoms with E-state index < -0.39 is 0 Å². The molecule has 1 atom stereocenters. The Balaban J connectivity index is 1.57. The molecule has 3 rings (SSSR count). The molecule has 7 heteroatoms. The molecule has 0 aromatic heterocycles. The van der Waals surface area contributed by atoms with Crippen LogP contribution in [0.1, 0.15) is 17.2 Å². The summed E-state index contributed by atoms with van der Waals surface area (Å²) in [5.41, 5.74) is 1.99. The Morgan fingerprint density at radius 3 is 2.52 bits per heavy atom. The maximum absolute atomic E-state index is 13.4. The summed E-state index contributed by atoms with van der Waals surface area (Å²) in [5.74, 6) is 0.219. The third kappa shape index (κ3) is 6.51. The van der Waals surface area contributed by atoms with E-state index in [1.165, 1.54) is 18.2 Å². The van der Waals surface area contributed by atoms with E-state index in [1.807, 2.05) is 18.2 Å². The molecule has 1 saturated heterocycles. The minimum absolute atomic E-state index is 0.0845. The fraction of sp³-hybridized carbons (Fsp3) is 0.409. The quantitative estimate of drug-likeness (QED) is 0.552. The predicted molar refractivity (Wildman–Crippen MR) is 111 cm³/mol. The van der Waals surface area contributed by atoms with Gasteiger partial charge in [0.1, 0.15) is 11.6 Å². The summed E-state index contributed by atoms with van der Waals surface area (Å²) in [5, 5.41) is 6.64. The molecule has 1 fully saturated rings. The number of aliphatic imine (C=N–C) groups is 1. The highest BCUT2D eigenvalue weighted by molar-refractivity contribution is 5.79. The Morgan fingerprint density at radius 2 is 1.83 bits per heavy atom. The van der Waals surface area contributed by atoms with Crippen molar-refractivity contribution in [2.75, 3.05) is 46.4 Å². The first-order valence-corrected chi connectivity index (χ1v) is 9.92. The van der Waals surface area contributed by atoms with Crippen LogP contribution in [0.25, 0.3) is 0 Å².